The SMILES string of the molecule is CCOC(c1ccccc1)C(N)Cc1cc(Br)ccc1F. The van der Waals surface area contributed by atoms with Gasteiger partial charge in [-0.1, -0.05) is 46.3 Å². The molecule has 0 spiro atoms. The van der Waals surface area contributed by atoms with Crippen LogP contribution in [0.15, 0.2) is 53.0 Å². The molecule has 0 heterocycles. The van der Waals surface area contributed by atoms with Crippen LogP contribution in [-0.2, 0) is 11.2 Å². The number of ether oxygens (including phenoxy) is 1. The molecule has 0 aliphatic rings. The summed E-state index contributed by atoms with van der Waals surface area (Å²) in [4.78, 5) is 0. The lowest BCUT2D eigenvalue weighted by atomic mass is 9.96. The molecule has 2 aromatic carbocycles. The monoisotopic (exact) mass is 351 g/mol. The van der Waals surface area contributed by atoms with Crippen molar-refractivity contribution in [2.45, 2.75) is 25.5 Å². The fourth-order valence-electron chi connectivity index (χ4n) is 2.35. The molecule has 2 rings (SSSR count). The molecular formula is C17H19BrFNO. The Morgan fingerprint density at radius 1 is 1.19 bits per heavy atom. The molecule has 0 amide bonds. The van der Waals surface area contributed by atoms with Gasteiger partial charge in [0.1, 0.15) is 5.82 Å². The Balaban J connectivity index is 2.19. The predicted octanol–water partition coefficient (Wildman–Crippen LogP) is 4.24. The lowest BCUT2D eigenvalue weighted by Gasteiger charge is -2.24. The third-order valence-corrected chi connectivity index (χ3v) is 3.82. The summed E-state index contributed by atoms with van der Waals surface area (Å²) in [7, 11) is 0. The predicted molar refractivity (Wildman–Crippen MR) is 86.6 cm³/mol. The Hall–Kier alpha value is -1.23. The van der Waals surface area contributed by atoms with Gasteiger partial charge in [0.25, 0.3) is 0 Å². The third-order valence-electron chi connectivity index (χ3n) is 3.33. The second-order valence-electron chi connectivity index (χ2n) is 4.89. The molecule has 2 aromatic rings. The molecule has 0 aliphatic heterocycles. The van der Waals surface area contributed by atoms with Crippen molar-refractivity contribution in [1.29, 1.82) is 0 Å². The van der Waals surface area contributed by atoms with E-state index in [4.69, 9.17) is 10.5 Å². The molecule has 112 valence electrons. The second kappa shape index (κ2) is 7.69. The Morgan fingerprint density at radius 3 is 2.57 bits per heavy atom. The number of hydrogen-bond acceptors (Lipinski definition) is 2. The molecule has 0 fully saturated rings. The van der Waals surface area contributed by atoms with Crippen LogP contribution in [0.5, 0.6) is 0 Å². The molecule has 2 N–H and O–H groups in total. The number of benzene rings is 2. The van der Waals surface area contributed by atoms with Gasteiger partial charge in [0.15, 0.2) is 0 Å². The van der Waals surface area contributed by atoms with Crippen LogP contribution in [-0.4, -0.2) is 12.6 Å². The van der Waals surface area contributed by atoms with Crippen molar-refractivity contribution in [2.75, 3.05) is 6.61 Å². The summed E-state index contributed by atoms with van der Waals surface area (Å²) in [6.45, 7) is 2.50. The summed E-state index contributed by atoms with van der Waals surface area (Å²) in [5.41, 5.74) is 7.89. The average Bonchev–Trinajstić information content (AvgIpc) is 2.49. The van der Waals surface area contributed by atoms with Crippen molar-refractivity contribution >= 4 is 15.9 Å². The van der Waals surface area contributed by atoms with Gasteiger partial charge in [-0.2, -0.15) is 0 Å². The van der Waals surface area contributed by atoms with E-state index in [-0.39, 0.29) is 18.0 Å². The minimum atomic E-state index is -0.309. The van der Waals surface area contributed by atoms with Crippen molar-refractivity contribution in [3.63, 3.8) is 0 Å². The quantitative estimate of drug-likeness (QED) is 0.844. The van der Waals surface area contributed by atoms with Gasteiger partial charge < -0.3 is 10.5 Å². The maximum absolute atomic E-state index is 13.9. The Bertz CT molecular complexity index is 576. The zero-order valence-corrected chi connectivity index (χ0v) is 13.5. The molecule has 4 heteroatoms. The summed E-state index contributed by atoms with van der Waals surface area (Å²) in [6, 6.07) is 14.4. The molecule has 2 nitrogen and oxygen atoms in total. The van der Waals surface area contributed by atoms with Crippen molar-refractivity contribution in [3.8, 4) is 0 Å². The van der Waals surface area contributed by atoms with Crippen molar-refractivity contribution in [2.24, 2.45) is 5.73 Å². The van der Waals surface area contributed by atoms with Gasteiger partial charge >= 0.3 is 0 Å². The molecule has 21 heavy (non-hydrogen) atoms. The molecule has 0 saturated carbocycles. The molecule has 0 saturated heterocycles. The number of nitrogens with two attached hydrogens (primary N) is 1. The smallest absolute Gasteiger partial charge is 0.126 e. The molecular weight excluding hydrogens is 333 g/mol. The zero-order chi connectivity index (χ0) is 15.2. The van der Waals surface area contributed by atoms with E-state index in [1.54, 1.807) is 12.1 Å². The molecule has 0 aromatic heterocycles. The van der Waals surface area contributed by atoms with Gasteiger partial charge in [-0.15, -0.1) is 0 Å². The van der Waals surface area contributed by atoms with Crippen LogP contribution in [0.4, 0.5) is 4.39 Å². The largest absolute Gasteiger partial charge is 0.372 e. The van der Waals surface area contributed by atoms with Crippen LogP contribution in [0.2, 0.25) is 0 Å². The average molecular weight is 352 g/mol. The molecule has 0 aliphatic carbocycles. The summed E-state index contributed by atoms with van der Waals surface area (Å²) in [6.07, 6.45) is 0.180. The van der Waals surface area contributed by atoms with Gasteiger partial charge in [0.2, 0.25) is 0 Å². The van der Waals surface area contributed by atoms with E-state index in [0.29, 0.717) is 18.6 Å². The number of hydrogen-bond donors (Lipinski definition) is 1. The van der Waals surface area contributed by atoms with Crippen LogP contribution in [0.25, 0.3) is 0 Å². The zero-order valence-electron chi connectivity index (χ0n) is 11.9. The van der Waals surface area contributed by atoms with Gasteiger partial charge in [-0.3, -0.25) is 0 Å². The fraction of sp³-hybridized carbons (Fsp3) is 0.294. The molecule has 0 radical (unpaired) electrons. The lowest BCUT2D eigenvalue weighted by molar-refractivity contribution is 0.0431. The van der Waals surface area contributed by atoms with Crippen LogP contribution in [0.1, 0.15) is 24.2 Å². The fourth-order valence-corrected chi connectivity index (χ4v) is 2.76. The Morgan fingerprint density at radius 2 is 1.90 bits per heavy atom. The standard InChI is InChI=1S/C17H19BrFNO/c1-2-21-17(12-6-4-3-5-7-12)16(20)11-13-10-14(18)8-9-15(13)19/h3-10,16-17H,2,11,20H2,1H3. The van der Waals surface area contributed by atoms with E-state index in [2.05, 4.69) is 15.9 Å². The van der Waals surface area contributed by atoms with Crippen LogP contribution in [0, 0.1) is 5.82 Å². The first-order valence-electron chi connectivity index (χ1n) is 6.98. The highest BCUT2D eigenvalue weighted by atomic mass is 79.9. The molecule has 2 atom stereocenters. The molecule has 2 unspecified atom stereocenters. The minimum absolute atomic E-state index is 0.239. The highest BCUT2D eigenvalue weighted by Crippen LogP contribution is 2.24. The Labute approximate surface area is 133 Å². The van der Waals surface area contributed by atoms with Gasteiger partial charge in [0.05, 0.1) is 6.10 Å². The number of rotatable bonds is 6. The van der Waals surface area contributed by atoms with E-state index in [9.17, 15) is 4.39 Å². The van der Waals surface area contributed by atoms with Crippen molar-refractivity contribution in [3.05, 3.63) is 69.9 Å². The first-order valence-corrected chi connectivity index (χ1v) is 7.77. The minimum Gasteiger partial charge on any atom is -0.372 e. The first-order chi connectivity index (χ1) is 10.1. The van der Waals surface area contributed by atoms with Crippen LogP contribution < -0.4 is 5.73 Å². The maximum atomic E-state index is 13.9. The van der Waals surface area contributed by atoms with Gasteiger partial charge in [-0.25, -0.2) is 4.39 Å². The molecule has 0 bridgehead atoms. The van der Waals surface area contributed by atoms with Crippen molar-refractivity contribution in [1.82, 2.24) is 0 Å². The third kappa shape index (κ3) is 4.37. The van der Waals surface area contributed by atoms with E-state index in [1.165, 1.54) is 6.07 Å². The Kier molecular flexibility index (Phi) is 5.91. The summed E-state index contributed by atoms with van der Waals surface area (Å²) < 4.78 is 20.5. The van der Waals surface area contributed by atoms with E-state index in [0.717, 1.165) is 10.0 Å². The van der Waals surface area contributed by atoms with Crippen LogP contribution >= 0.6 is 15.9 Å². The van der Waals surface area contributed by atoms with E-state index < -0.39 is 0 Å². The topological polar surface area (TPSA) is 35.2 Å². The van der Waals surface area contributed by atoms with Crippen LogP contribution in [0.3, 0.4) is 0 Å². The normalized spacial score (nSPS) is 13.9. The first kappa shape index (κ1) is 16.1. The highest BCUT2D eigenvalue weighted by molar-refractivity contribution is 9.10. The van der Waals surface area contributed by atoms with E-state index >= 15 is 0 Å². The van der Waals surface area contributed by atoms with Gasteiger partial charge in [0, 0.05) is 17.1 Å². The maximum Gasteiger partial charge on any atom is 0.126 e. The summed E-state index contributed by atoms with van der Waals surface area (Å²) >= 11 is 3.36. The second-order valence-corrected chi connectivity index (χ2v) is 5.81. The van der Waals surface area contributed by atoms with E-state index in [1.807, 2.05) is 37.3 Å². The van der Waals surface area contributed by atoms with Crippen molar-refractivity contribution < 1.29 is 9.13 Å². The lowest BCUT2D eigenvalue weighted by Crippen LogP contribution is -2.32. The summed E-state index contributed by atoms with van der Waals surface area (Å²) in [5.74, 6) is -0.239. The van der Waals surface area contributed by atoms with Gasteiger partial charge in [-0.05, 0) is 42.7 Å². The summed E-state index contributed by atoms with van der Waals surface area (Å²) in [5, 5.41) is 0. The number of halogens is 2. The highest BCUT2D eigenvalue weighted by Gasteiger charge is 2.21.